The van der Waals surface area contributed by atoms with Gasteiger partial charge in [-0.1, -0.05) is 68.0 Å². The van der Waals surface area contributed by atoms with Crippen LogP contribution in [0.3, 0.4) is 0 Å². The molecule has 2 aromatic rings. The first kappa shape index (κ1) is 15.5. The lowest BCUT2D eigenvalue weighted by atomic mass is 10.1. The minimum Gasteiger partial charge on any atom is -0.408 e. The number of benzene rings is 1. The van der Waals surface area contributed by atoms with E-state index in [1.54, 1.807) is 0 Å². The van der Waals surface area contributed by atoms with Gasteiger partial charge in [0.05, 0.1) is 0 Å². The van der Waals surface area contributed by atoms with Gasteiger partial charge in [0.1, 0.15) is 0 Å². The summed E-state index contributed by atoms with van der Waals surface area (Å²) < 4.78 is 5.59. The van der Waals surface area contributed by atoms with Crippen LogP contribution >= 0.6 is 0 Å². The number of hydrogen-bond acceptors (Lipinski definition) is 4. The van der Waals surface area contributed by atoms with Crippen molar-refractivity contribution in [2.75, 3.05) is 11.9 Å². The normalized spacial score (nSPS) is 10.7. The molecule has 0 atom stereocenters. The monoisotopic (exact) mass is 287 g/mol. The number of aryl methyl sites for hydroxylation is 1. The molecule has 0 unspecified atom stereocenters. The Kier molecular flexibility index (Phi) is 6.78. The Balaban J connectivity index is 1.63. The predicted octanol–water partition coefficient (Wildman–Crippen LogP) is 4.24. The van der Waals surface area contributed by atoms with Crippen molar-refractivity contribution >= 4 is 6.01 Å². The molecular formula is C17H25N3O. The van der Waals surface area contributed by atoms with Crippen LogP contribution in [0.4, 0.5) is 6.01 Å². The van der Waals surface area contributed by atoms with Gasteiger partial charge in [0.15, 0.2) is 0 Å². The SMILES string of the molecule is CCCCCCCc1nnc(NCCc2ccccc2)o1. The van der Waals surface area contributed by atoms with E-state index in [1.165, 1.54) is 31.2 Å². The molecule has 4 nitrogen and oxygen atoms in total. The first-order valence-electron chi connectivity index (χ1n) is 7.98. The topological polar surface area (TPSA) is 51.0 Å². The molecule has 1 aromatic heterocycles. The van der Waals surface area contributed by atoms with Gasteiger partial charge in [-0.2, -0.15) is 0 Å². The molecule has 0 saturated heterocycles. The molecule has 1 heterocycles. The van der Waals surface area contributed by atoms with Gasteiger partial charge in [-0.05, 0) is 18.4 Å². The maximum atomic E-state index is 5.59. The molecular weight excluding hydrogens is 262 g/mol. The lowest BCUT2D eigenvalue weighted by Crippen LogP contribution is -2.04. The van der Waals surface area contributed by atoms with E-state index in [0.29, 0.717) is 6.01 Å². The molecule has 0 saturated carbocycles. The Hall–Kier alpha value is -1.84. The summed E-state index contributed by atoms with van der Waals surface area (Å²) in [5, 5.41) is 11.3. The van der Waals surface area contributed by atoms with Gasteiger partial charge in [-0.25, -0.2) is 0 Å². The van der Waals surface area contributed by atoms with E-state index in [-0.39, 0.29) is 0 Å². The highest BCUT2D eigenvalue weighted by Gasteiger charge is 2.05. The fourth-order valence-corrected chi connectivity index (χ4v) is 2.26. The molecule has 0 radical (unpaired) electrons. The lowest BCUT2D eigenvalue weighted by molar-refractivity contribution is 0.487. The Labute approximate surface area is 127 Å². The largest absolute Gasteiger partial charge is 0.408 e. The molecule has 21 heavy (non-hydrogen) atoms. The standard InChI is InChI=1S/C17H25N3O/c1-2-3-4-5-9-12-16-19-20-17(21-16)18-14-13-15-10-7-6-8-11-15/h6-8,10-11H,2-5,9,12-14H2,1H3,(H,18,20). The van der Waals surface area contributed by atoms with Crippen molar-refractivity contribution in [3.63, 3.8) is 0 Å². The molecule has 0 bridgehead atoms. The zero-order chi connectivity index (χ0) is 14.8. The number of rotatable bonds is 10. The Morgan fingerprint density at radius 3 is 2.57 bits per heavy atom. The Bertz CT molecular complexity index is 496. The van der Waals surface area contributed by atoms with Crippen LogP contribution in [0.1, 0.15) is 50.5 Å². The van der Waals surface area contributed by atoms with Gasteiger partial charge < -0.3 is 9.73 Å². The maximum Gasteiger partial charge on any atom is 0.315 e. The van der Waals surface area contributed by atoms with E-state index in [9.17, 15) is 0 Å². The highest BCUT2D eigenvalue weighted by molar-refractivity contribution is 5.20. The molecule has 4 heteroatoms. The molecule has 1 aromatic carbocycles. The van der Waals surface area contributed by atoms with Crippen molar-refractivity contribution in [3.8, 4) is 0 Å². The van der Waals surface area contributed by atoms with E-state index in [4.69, 9.17) is 4.42 Å². The number of anilines is 1. The van der Waals surface area contributed by atoms with Crippen molar-refractivity contribution < 1.29 is 4.42 Å². The van der Waals surface area contributed by atoms with Crippen LogP contribution < -0.4 is 5.32 Å². The maximum absolute atomic E-state index is 5.59. The molecule has 0 aliphatic carbocycles. The predicted molar refractivity (Wildman–Crippen MR) is 85.4 cm³/mol. The number of nitrogens with zero attached hydrogens (tertiary/aromatic N) is 2. The summed E-state index contributed by atoms with van der Waals surface area (Å²) in [6.07, 6.45) is 8.10. The van der Waals surface area contributed by atoms with Gasteiger partial charge in [0.25, 0.3) is 0 Å². The smallest absolute Gasteiger partial charge is 0.315 e. The highest BCUT2D eigenvalue weighted by Crippen LogP contribution is 2.11. The molecule has 0 aliphatic heterocycles. The third kappa shape index (κ3) is 5.98. The molecule has 114 valence electrons. The minimum absolute atomic E-state index is 0.537. The van der Waals surface area contributed by atoms with E-state index in [0.717, 1.165) is 31.7 Å². The van der Waals surface area contributed by atoms with Crippen LogP contribution in [-0.4, -0.2) is 16.7 Å². The second-order valence-corrected chi connectivity index (χ2v) is 5.33. The molecule has 1 N–H and O–H groups in total. The second-order valence-electron chi connectivity index (χ2n) is 5.33. The third-order valence-electron chi connectivity index (χ3n) is 3.49. The summed E-state index contributed by atoms with van der Waals surface area (Å²) in [5.41, 5.74) is 1.31. The molecule has 2 rings (SSSR count). The van der Waals surface area contributed by atoms with Gasteiger partial charge >= 0.3 is 6.01 Å². The molecule has 0 amide bonds. The summed E-state index contributed by atoms with van der Waals surface area (Å²) in [7, 11) is 0. The summed E-state index contributed by atoms with van der Waals surface area (Å²) in [5.74, 6) is 0.744. The van der Waals surface area contributed by atoms with Gasteiger partial charge in [0.2, 0.25) is 5.89 Å². The summed E-state index contributed by atoms with van der Waals surface area (Å²) >= 11 is 0. The first-order chi connectivity index (χ1) is 10.4. The van der Waals surface area contributed by atoms with Crippen molar-refractivity contribution in [1.29, 1.82) is 0 Å². The average Bonchev–Trinajstić information content (AvgIpc) is 2.96. The van der Waals surface area contributed by atoms with Crippen LogP contribution in [0.25, 0.3) is 0 Å². The van der Waals surface area contributed by atoms with E-state index in [1.807, 2.05) is 6.07 Å². The fraction of sp³-hybridized carbons (Fsp3) is 0.529. The number of hydrogen-bond donors (Lipinski definition) is 1. The van der Waals surface area contributed by atoms with Crippen molar-refractivity contribution in [2.24, 2.45) is 0 Å². The highest BCUT2D eigenvalue weighted by atomic mass is 16.4. The van der Waals surface area contributed by atoms with Crippen LogP contribution in [0.15, 0.2) is 34.7 Å². The summed E-state index contributed by atoms with van der Waals surface area (Å²) in [4.78, 5) is 0. The molecule has 0 fully saturated rings. The number of nitrogens with one attached hydrogen (secondary N) is 1. The van der Waals surface area contributed by atoms with Crippen molar-refractivity contribution in [1.82, 2.24) is 10.2 Å². The van der Waals surface area contributed by atoms with Gasteiger partial charge in [-0.15, -0.1) is 5.10 Å². The Morgan fingerprint density at radius 1 is 0.952 bits per heavy atom. The minimum atomic E-state index is 0.537. The number of unbranched alkanes of at least 4 members (excludes halogenated alkanes) is 4. The quantitative estimate of drug-likeness (QED) is 0.664. The van der Waals surface area contributed by atoms with Crippen LogP contribution in [0.5, 0.6) is 0 Å². The van der Waals surface area contributed by atoms with E-state index >= 15 is 0 Å². The fourth-order valence-electron chi connectivity index (χ4n) is 2.26. The summed E-state index contributed by atoms with van der Waals surface area (Å²) in [6, 6.07) is 10.9. The lowest BCUT2D eigenvalue weighted by Gasteiger charge is -2.01. The van der Waals surface area contributed by atoms with Gasteiger partial charge in [0, 0.05) is 13.0 Å². The molecule has 0 spiro atoms. The van der Waals surface area contributed by atoms with Gasteiger partial charge in [-0.3, -0.25) is 0 Å². The van der Waals surface area contributed by atoms with Crippen molar-refractivity contribution in [2.45, 2.75) is 51.9 Å². The number of aromatic nitrogens is 2. The zero-order valence-electron chi connectivity index (χ0n) is 12.8. The van der Waals surface area contributed by atoms with Crippen LogP contribution in [0, 0.1) is 0 Å². The van der Waals surface area contributed by atoms with Crippen LogP contribution in [-0.2, 0) is 12.8 Å². The first-order valence-corrected chi connectivity index (χ1v) is 7.98. The second kappa shape index (κ2) is 9.16. The van der Waals surface area contributed by atoms with Crippen molar-refractivity contribution in [3.05, 3.63) is 41.8 Å². The third-order valence-corrected chi connectivity index (χ3v) is 3.49. The average molecular weight is 287 g/mol. The van der Waals surface area contributed by atoms with Crippen LogP contribution in [0.2, 0.25) is 0 Å². The van der Waals surface area contributed by atoms with E-state index < -0.39 is 0 Å². The molecule has 0 aliphatic rings. The van der Waals surface area contributed by atoms with E-state index in [2.05, 4.69) is 46.7 Å². The summed E-state index contributed by atoms with van der Waals surface area (Å²) in [6.45, 7) is 3.04. The Morgan fingerprint density at radius 2 is 1.76 bits per heavy atom. The zero-order valence-corrected chi connectivity index (χ0v) is 12.8.